The molecule has 18 heavy (non-hydrogen) atoms. The summed E-state index contributed by atoms with van der Waals surface area (Å²) in [7, 11) is 0. The van der Waals surface area contributed by atoms with Crippen molar-refractivity contribution in [3.63, 3.8) is 0 Å². The van der Waals surface area contributed by atoms with Crippen LogP contribution in [0.2, 0.25) is 0 Å². The van der Waals surface area contributed by atoms with Gasteiger partial charge >= 0.3 is 0 Å². The molecule has 0 saturated heterocycles. The molecular weight excluding hydrogens is 228 g/mol. The van der Waals surface area contributed by atoms with Crippen LogP contribution in [0.25, 0.3) is 0 Å². The van der Waals surface area contributed by atoms with E-state index in [9.17, 15) is 0 Å². The lowest BCUT2D eigenvalue weighted by molar-refractivity contribution is 0.233. The Balaban J connectivity index is 1.83. The van der Waals surface area contributed by atoms with Crippen molar-refractivity contribution < 1.29 is 5.11 Å². The summed E-state index contributed by atoms with van der Waals surface area (Å²) in [6.45, 7) is 3.09. The van der Waals surface area contributed by atoms with Gasteiger partial charge in [0.15, 0.2) is 0 Å². The van der Waals surface area contributed by atoms with Gasteiger partial charge < -0.3 is 16.2 Å². The molecule has 0 radical (unpaired) electrons. The van der Waals surface area contributed by atoms with Gasteiger partial charge in [0.1, 0.15) is 12.1 Å². The zero-order valence-electron chi connectivity index (χ0n) is 10.8. The molecule has 1 fully saturated rings. The molecule has 0 bridgehead atoms. The van der Waals surface area contributed by atoms with Crippen LogP contribution in [0.15, 0.2) is 12.4 Å². The van der Waals surface area contributed by atoms with Crippen LogP contribution in [-0.4, -0.2) is 34.3 Å². The van der Waals surface area contributed by atoms with Crippen LogP contribution in [0, 0.1) is 5.92 Å². The molecule has 2 rings (SSSR count). The first-order valence-corrected chi connectivity index (χ1v) is 6.61. The van der Waals surface area contributed by atoms with E-state index >= 15 is 0 Å². The van der Waals surface area contributed by atoms with Gasteiger partial charge in [0.25, 0.3) is 0 Å². The van der Waals surface area contributed by atoms with Crippen molar-refractivity contribution in [1.82, 2.24) is 9.97 Å². The number of hydrogen-bond acceptors (Lipinski definition) is 5. The third-order valence-corrected chi connectivity index (χ3v) is 3.54. The SMILES string of the molecule is C[C@@H](CO)CCNc1cc(C2CC(N)C2)ncn1. The highest BCUT2D eigenvalue weighted by atomic mass is 16.3. The first-order chi connectivity index (χ1) is 8.69. The second-order valence-corrected chi connectivity index (χ2v) is 5.26. The third-order valence-electron chi connectivity index (χ3n) is 3.54. The van der Waals surface area contributed by atoms with Crippen molar-refractivity contribution in [1.29, 1.82) is 0 Å². The second kappa shape index (κ2) is 6.11. The standard InChI is InChI=1S/C13H22N4O/c1-9(7-18)2-3-15-13-6-12(16-8-17-13)10-4-11(14)5-10/h6,8-11,18H,2-5,7,14H2,1H3,(H,15,16,17)/t9-,10?,11?/m1/s1. The lowest BCUT2D eigenvalue weighted by Gasteiger charge is -2.31. The van der Waals surface area contributed by atoms with Crippen LogP contribution in [-0.2, 0) is 0 Å². The fraction of sp³-hybridized carbons (Fsp3) is 0.692. The fourth-order valence-electron chi connectivity index (χ4n) is 2.13. The molecule has 0 aliphatic heterocycles. The van der Waals surface area contributed by atoms with E-state index in [-0.39, 0.29) is 6.61 Å². The van der Waals surface area contributed by atoms with Gasteiger partial charge in [-0.05, 0) is 25.2 Å². The number of aromatic nitrogens is 2. The molecular formula is C13H22N4O. The Hall–Kier alpha value is -1.20. The molecule has 0 unspecified atom stereocenters. The van der Waals surface area contributed by atoms with Crippen molar-refractivity contribution in [2.45, 2.75) is 38.1 Å². The number of hydrogen-bond donors (Lipinski definition) is 3. The molecule has 1 aromatic rings. The van der Waals surface area contributed by atoms with E-state index in [1.54, 1.807) is 6.33 Å². The Morgan fingerprint density at radius 1 is 1.50 bits per heavy atom. The highest BCUT2D eigenvalue weighted by Crippen LogP contribution is 2.34. The summed E-state index contributed by atoms with van der Waals surface area (Å²) in [6, 6.07) is 2.35. The van der Waals surface area contributed by atoms with Gasteiger partial charge in [-0.15, -0.1) is 0 Å². The monoisotopic (exact) mass is 250 g/mol. The number of aliphatic hydroxyl groups is 1. The second-order valence-electron chi connectivity index (χ2n) is 5.26. The van der Waals surface area contributed by atoms with Crippen molar-refractivity contribution in [3.8, 4) is 0 Å². The predicted octanol–water partition coefficient (Wildman–Crippen LogP) is 1.11. The van der Waals surface area contributed by atoms with E-state index in [4.69, 9.17) is 10.8 Å². The lowest BCUT2D eigenvalue weighted by atomic mass is 9.79. The Bertz CT molecular complexity index is 379. The van der Waals surface area contributed by atoms with Crippen LogP contribution in [0.1, 0.15) is 37.8 Å². The zero-order chi connectivity index (χ0) is 13.0. The Kier molecular flexibility index (Phi) is 4.49. The van der Waals surface area contributed by atoms with Gasteiger partial charge in [0.2, 0.25) is 0 Å². The topological polar surface area (TPSA) is 84.1 Å². The first kappa shape index (κ1) is 13.2. The molecule has 1 atom stereocenters. The smallest absolute Gasteiger partial charge is 0.129 e. The summed E-state index contributed by atoms with van der Waals surface area (Å²) in [6.07, 6.45) is 4.59. The van der Waals surface area contributed by atoms with E-state index in [1.807, 2.05) is 13.0 Å². The molecule has 4 N–H and O–H groups in total. The number of rotatable bonds is 6. The average Bonchev–Trinajstić information content (AvgIpc) is 2.35. The average molecular weight is 250 g/mol. The summed E-state index contributed by atoms with van der Waals surface area (Å²) in [4.78, 5) is 8.51. The van der Waals surface area contributed by atoms with Gasteiger partial charge in [0, 0.05) is 36.9 Å². The van der Waals surface area contributed by atoms with Crippen molar-refractivity contribution in [3.05, 3.63) is 18.1 Å². The summed E-state index contributed by atoms with van der Waals surface area (Å²) in [5.74, 6) is 1.69. The maximum Gasteiger partial charge on any atom is 0.129 e. The van der Waals surface area contributed by atoms with Crippen molar-refractivity contribution in [2.24, 2.45) is 11.7 Å². The summed E-state index contributed by atoms with van der Waals surface area (Å²) >= 11 is 0. The Morgan fingerprint density at radius 2 is 2.28 bits per heavy atom. The lowest BCUT2D eigenvalue weighted by Crippen LogP contribution is -2.35. The van der Waals surface area contributed by atoms with Gasteiger partial charge in [-0.3, -0.25) is 0 Å². The van der Waals surface area contributed by atoms with Gasteiger partial charge in [0.05, 0.1) is 0 Å². The molecule has 1 aromatic heterocycles. The van der Waals surface area contributed by atoms with Gasteiger partial charge in [-0.2, -0.15) is 0 Å². The highest BCUT2D eigenvalue weighted by molar-refractivity contribution is 5.36. The minimum Gasteiger partial charge on any atom is -0.396 e. The molecule has 5 heteroatoms. The van der Waals surface area contributed by atoms with E-state index in [2.05, 4.69) is 15.3 Å². The van der Waals surface area contributed by atoms with Gasteiger partial charge in [-0.25, -0.2) is 9.97 Å². The molecule has 0 spiro atoms. The van der Waals surface area contributed by atoms with E-state index in [1.165, 1.54) is 0 Å². The summed E-state index contributed by atoms with van der Waals surface area (Å²) in [5.41, 5.74) is 6.88. The number of anilines is 1. The largest absolute Gasteiger partial charge is 0.396 e. The van der Waals surface area contributed by atoms with Crippen LogP contribution in [0.3, 0.4) is 0 Å². The molecule has 0 aromatic carbocycles. The Labute approximate surface area is 108 Å². The van der Waals surface area contributed by atoms with E-state index in [0.717, 1.165) is 37.3 Å². The predicted molar refractivity (Wildman–Crippen MR) is 71.3 cm³/mol. The summed E-state index contributed by atoms with van der Waals surface area (Å²) < 4.78 is 0. The maximum atomic E-state index is 8.95. The minimum atomic E-state index is 0.233. The van der Waals surface area contributed by atoms with E-state index in [0.29, 0.717) is 17.9 Å². The molecule has 1 aliphatic rings. The maximum absolute atomic E-state index is 8.95. The third kappa shape index (κ3) is 3.40. The number of nitrogens with one attached hydrogen (secondary N) is 1. The Morgan fingerprint density at radius 3 is 2.94 bits per heavy atom. The summed E-state index contributed by atoms with van der Waals surface area (Å²) in [5, 5.41) is 12.2. The van der Waals surface area contributed by atoms with E-state index < -0.39 is 0 Å². The normalized spacial score (nSPS) is 24.4. The molecule has 0 amide bonds. The molecule has 5 nitrogen and oxygen atoms in total. The zero-order valence-corrected chi connectivity index (χ0v) is 10.8. The van der Waals surface area contributed by atoms with Crippen molar-refractivity contribution >= 4 is 5.82 Å². The molecule has 1 saturated carbocycles. The van der Waals surface area contributed by atoms with Crippen LogP contribution in [0.5, 0.6) is 0 Å². The molecule has 1 aliphatic carbocycles. The fourth-order valence-corrected chi connectivity index (χ4v) is 2.13. The quantitative estimate of drug-likeness (QED) is 0.704. The number of nitrogens with two attached hydrogens (primary N) is 1. The highest BCUT2D eigenvalue weighted by Gasteiger charge is 2.28. The van der Waals surface area contributed by atoms with Crippen LogP contribution in [0.4, 0.5) is 5.82 Å². The molecule has 1 heterocycles. The van der Waals surface area contributed by atoms with Crippen molar-refractivity contribution in [2.75, 3.05) is 18.5 Å². The minimum absolute atomic E-state index is 0.233. The number of aliphatic hydroxyl groups excluding tert-OH is 1. The van der Waals surface area contributed by atoms with Crippen LogP contribution < -0.4 is 11.1 Å². The number of nitrogens with zero attached hydrogens (tertiary/aromatic N) is 2. The van der Waals surface area contributed by atoms with Crippen LogP contribution >= 0.6 is 0 Å². The molecule has 100 valence electrons. The first-order valence-electron chi connectivity index (χ1n) is 6.61. The van der Waals surface area contributed by atoms with Gasteiger partial charge in [-0.1, -0.05) is 6.92 Å².